The number of aromatic nitrogens is 1. The van der Waals surface area contributed by atoms with Crippen molar-refractivity contribution in [3.63, 3.8) is 0 Å². The molecule has 1 saturated heterocycles. The molecule has 1 aromatic heterocycles. The molecule has 1 aromatic rings. The molecular formula is C11H16ClN3O2. The van der Waals surface area contributed by atoms with Gasteiger partial charge in [-0.3, -0.25) is 9.78 Å². The van der Waals surface area contributed by atoms with E-state index in [0.29, 0.717) is 0 Å². The number of hydroxylamine groups is 2. The van der Waals surface area contributed by atoms with Gasteiger partial charge in [-0.25, -0.2) is 0 Å². The molecule has 0 amide bonds. The van der Waals surface area contributed by atoms with Crippen molar-refractivity contribution in [2.45, 2.75) is 6.92 Å². The minimum Gasteiger partial charge on any atom is -0.369 e. The number of hydrogen-bond acceptors (Lipinski definition) is 5. The zero-order valence-electron chi connectivity index (χ0n) is 9.70. The second-order valence-electron chi connectivity index (χ2n) is 3.70. The van der Waals surface area contributed by atoms with Crippen LogP contribution >= 0.6 is 12.4 Å². The zero-order chi connectivity index (χ0) is 11.4. The van der Waals surface area contributed by atoms with Crippen LogP contribution in [-0.2, 0) is 9.63 Å². The van der Waals surface area contributed by atoms with Gasteiger partial charge in [-0.2, -0.15) is 0 Å². The average Bonchev–Trinajstić information content (AvgIpc) is 2.30. The third-order valence-corrected chi connectivity index (χ3v) is 2.52. The summed E-state index contributed by atoms with van der Waals surface area (Å²) >= 11 is 0. The van der Waals surface area contributed by atoms with Crippen LogP contribution in [-0.4, -0.2) is 42.2 Å². The lowest BCUT2D eigenvalue weighted by Crippen LogP contribution is -2.46. The molecule has 2 heterocycles. The van der Waals surface area contributed by atoms with Crippen LogP contribution in [0.4, 0.5) is 5.69 Å². The lowest BCUT2D eigenvalue weighted by molar-refractivity contribution is -0.188. The highest BCUT2D eigenvalue weighted by molar-refractivity contribution is 5.85. The van der Waals surface area contributed by atoms with Gasteiger partial charge >= 0.3 is 5.97 Å². The normalized spacial score (nSPS) is 16.2. The number of rotatable bonds is 2. The molecule has 17 heavy (non-hydrogen) atoms. The van der Waals surface area contributed by atoms with Crippen molar-refractivity contribution in [1.82, 2.24) is 10.0 Å². The summed E-state index contributed by atoms with van der Waals surface area (Å²) in [5, 5.41) is 1.71. The van der Waals surface area contributed by atoms with Crippen LogP contribution in [0.1, 0.15) is 6.92 Å². The molecule has 0 aliphatic carbocycles. The van der Waals surface area contributed by atoms with Crippen molar-refractivity contribution in [3.8, 4) is 0 Å². The Kier molecular flexibility index (Phi) is 5.18. The smallest absolute Gasteiger partial charge is 0.322 e. The Bertz CT molecular complexity index is 353. The molecule has 0 N–H and O–H groups in total. The van der Waals surface area contributed by atoms with E-state index in [2.05, 4.69) is 9.88 Å². The number of anilines is 1. The molecule has 5 nitrogen and oxygen atoms in total. The fourth-order valence-electron chi connectivity index (χ4n) is 1.77. The molecule has 2 rings (SSSR count). The molecule has 0 saturated carbocycles. The van der Waals surface area contributed by atoms with E-state index in [9.17, 15) is 4.79 Å². The van der Waals surface area contributed by atoms with Crippen molar-refractivity contribution in [1.29, 1.82) is 0 Å². The van der Waals surface area contributed by atoms with Crippen LogP contribution < -0.4 is 4.90 Å². The summed E-state index contributed by atoms with van der Waals surface area (Å²) in [6, 6.07) is 3.98. The number of nitrogens with zero attached hydrogens (tertiary/aromatic N) is 3. The van der Waals surface area contributed by atoms with Crippen molar-refractivity contribution in [2.75, 3.05) is 31.1 Å². The van der Waals surface area contributed by atoms with Crippen LogP contribution in [0.15, 0.2) is 24.5 Å². The first kappa shape index (κ1) is 13.7. The quantitative estimate of drug-likeness (QED) is 0.794. The Morgan fingerprint density at radius 1 is 1.24 bits per heavy atom. The molecule has 94 valence electrons. The van der Waals surface area contributed by atoms with Crippen molar-refractivity contribution >= 4 is 24.1 Å². The molecular weight excluding hydrogens is 242 g/mol. The van der Waals surface area contributed by atoms with Crippen LogP contribution in [0.2, 0.25) is 0 Å². The number of pyridine rings is 1. The molecule has 0 radical (unpaired) electrons. The maximum Gasteiger partial charge on any atom is 0.322 e. The molecule has 1 fully saturated rings. The monoisotopic (exact) mass is 257 g/mol. The third-order valence-electron chi connectivity index (χ3n) is 2.52. The van der Waals surface area contributed by atoms with Gasteiger partial charge in [-0.1, -0.05) is 0 Å². The highest BCUT2D eigenvalue weighted by Crippen LogP contribution is 2.14. The number of piperazine rings is 1. The van der Waals surface area contributed by atoms with Gasteiger partial charge in [0, 0.05) is 38.1 Å². The minimum absolute atomic E-state index is 0. The lowest BCUT2D eigenvalue weighted by atomic mass is 10.3. The Morgan fingerprint density at radius 2 is 1.82 bits per heavy atom. The van der Waals surface area contributed by atoms with Gasteiger partial charge in [-0.15, -0.1) is 17.5 Å². The maximum atomic E-state index is 10.8. The van der Waals surface area contributed by atoms with E-state index in [-0.39, 0.29) is 18.4 Å². The number of halogens is 1. The van der Waals surface area contributed by atoms with Crippen molar-refractivity contribution < 1.29 is 9.63 Å². The standard InChI is InChI=1S/C11H15N3O2.ClH/c1-10(15)16-14-8-6-13(7-9-14)11-2-4-12-5-3-11;/h2-5H,6-9H2,1H3;1H. The molecule has 0 unspecified atom stereocenters. The molecule has 1 aliphatic heterocycles. The van der Waals surface area contributed by atoms with Crippen LogP contribution in [0.25, 0.3) is 0 Å². The highest BCUT2D eigenvalue weighted by atomic mass is 35.5. The number of carbonyl (C=O) groups is 1. The van der Waals surface area contributed by atoms with Gasteiger partial charge in [0.25, 0.3) is 0 Å². The largest absolute Gasteiger partial charge is 0.369 e. The van der Waals surface area contributed by atoms with E-state index < -0.39 is 0 Å². The average molecular weight is 258 g/mol. The first-order chi connectivity index (χ1) is 7.75. The first-order valence-electron chi connectivity index (χ1n) is 5.34. The van der Waals surface area contributed by atoms with Crippen molar-refractivity contribution in [3.05, 3.63) is 24.5 Å². The van der Waals surface area contributed by atoms with Gasteiger partial charge in [0.2, 0.25) is 0 Å². The van der Waals surface area contributed by atoms with Gasteiger partial charge in [0.05, 0.1) is 13.1 Å². The van der Waals surface area contributed by atoms with E-state index in [4.69, 9.17) is 4.84 Å². The summed E-state index contributed by atoms with van der Waals surface area (Å²) in [5.41, 5.74) is 1.16. The van der Waals surface area contributed by atoms with Crippen LogP contribution in [0, 0.1) is 0 Å². The summed E-state index contributed by atoms with van der Waals surface area (Å²) in [4.78, 5) is 22.0. The highest BCUT2D eigenvalue weighted by Gasteiger charge is 2.18. The molecule has 0 atom stereocenters. The molecule has 6 heteroatoms. The van der Waals surface area contributed by atoms with Gasteiger partial charge in [0.15, 0.2) is 0 Å². The molecule has 0 aromatic carbocycles. The topological polar surface area (TPSA) is 45.7 Å². The summed E-state index contributed by atoms with van der Waals surface area (Å²) < 4.78 is 0. The summed E-state index contributed by atoms with van der Waals surface area (Å²) in [6.07, 6.45) is 3.57. The fraction of sp³-hybridized carbons (Fsp3) is 0.455. The second-order valence-corrected chi connectivity index (χ2v) is 3.70. The third kappa shape index (κ3) is 3.87. The van der Waals surface area contributed by atoms with E-state index in [1.165, 1.54) is 6.92 Å². The van der Waals surface area contributed by atoms with Gasteiger partial charge in [-0.05, 0) is 12.1 Å². The molecule has 0 bridgehead atoms. The Labute approximate surface area is 107 Å². The summed E-state index contributed by atoms with van der Waals surface area (Å²) in [5.74, 6) is -0.252. The van der Waals surface area contributed by atoms with E-state index in [1.807, 2.05) is 12.1 Å². The summed E-state index contributed by atoms with van der Waals surface area (Å²) in [7, 11) is 0. The van der Waals surface area contributed by atoms with Crippen LogP contribution in [0.3, 0.4) is 0 Å². The van der Waals surface area contributed by atoms with Crippen molar-refractivity contribution in [2.24, 2.45) is 0 Å². The SMILES string of the molecule is CC(=O)ON1CCN(c2ccncc2)CC1.Cl. The fourth-order valence-corrected chi connectivity index (χ4v) is 1.77. The van der Waals surface area contributed by atoms with E-state index >= 15 is 0 Å². The van der Waals surface area contributed by atoms with Crippen LogP contribution in [0.5, 0.6) is 0 Å². The summed E-state index contributed by atoms with van der Waals surface area (Å²) in [6.45, 7) is 4.62. The molecule has 1 aliphatic rings. The predicted molar refractivity (Wildman–Crippen MR) is 67.0 cm³/mol. The number of hydrogen-bond donors (Lipinski definition) is 0. The van der Waals surface area contributed by atoms with Gasteiger partial charge in [0.1, 0.15) is 0 Å². The minimum atomic E-state index is -0.252. The second kappa shape index (κ2) is 6.42. The van der Waals surface area contributed by atoms with E-state index in [0.717, 1.165) is 31.9 Å². The first-order valence-corrected chi connectivity index (χ1v) is 5.34. The maximum absolute atomic E-state index is 10.8. The Balaban J connectivity index is 0.00000144. The van der Waals surface area contributed by atoms with Gasteiger partial charge < -0.3 is 9.74 Å². The van der Waals surface area contributed by atoms with E-state index in [1.54, 1.807) is 17.5 Å². The lowest BCUT2D eigenvalue weighted by Gasteiger charge is -2.34. The Hall–Kier alpha value is -1.33. The number of carbonyl (C=O) groups excluding carboxylic acids is 1. The predicted octanol–water partition coefficient (Wildman–Crippen LogP) is 1.10. The Morgan fingerprint density at radius 3 is 2.35 bits per heavy atom. The zero-order valence-corrected chi connectivity index (χ0v) is 10.5. The molecule has 0 spiro atoms.